The number of hydrogen-bond donors (Lipinski definition) is 1. The minimum atomic E-state index is -0.580. The molecular formula is C30H33BrN2O5. The van der Waals surface area contributed by atoms with Crippen LogP contribution < -0.4 is 14.9 Å². The second-order valence-corrected chi connectivity index (χ2v) is 11.6. The zero-order valence-corrected chi connectivity index (χ0v) is 23.9. The molecule has 0 unspecified atom stereocenters. The molecule has 0 bridgehead atoms. The van der Waals surface area contributed by atoms with Gasteiger partial charge in [-0.3, -0.25) is 4.79 Å². The molecule has 0 saturated carbocycles. The van der Waals surface area contributed by atoms with Gasteiger partial charge in [0.2, 0.25) is 0 Å². The fourth-order valence-corrected chi connectivity index (χ4v) is 4.56. The topological polar surface area (TPSA) is 90.1 Å². The number of carbonyl (C=O) groups is 2. The fraction of sp³-hybridized carbons (Fsp3) is 0.300. The lowest BCUT2D eigenvalue weighted by Gasteiger charge is -2.33. The maximum atomic E-state index is 12.3. The van der Waals surface area contributed by atoms with Gasteiger partial charge in [-0.15, -0.1) is 0 Å². The third kappa shape index (κ3) is 9.34. The summed E-state index contributed by atoms with van der Waals surface area (Å²) in [7, 11) is 0. The average Bonchev–Trinajstić information content (AvgIpc) is 3.36. The van der Waals surface area contributed by atoms with Gasteiger partial charge < -0.3 is 13.9 Å². The Bertz CT molecular complexity index is 1290. The minimum Gasteiger partial charge on any atom is -0.484 e. The van der Waals surface area contributed by atoms with E-state index in [0.717, 1.165) is 10.9 Å². The number of nitrogens with zero attached hydrogens (tertiary/aromatic N) is 1. The van der Waals surface area contributed by atoms with Crippen molar-refractivity contribution in [3.8, 4) is 11.5 Å². The molecule has 1 N–H and O–H groups in total. The summed E-state index contributed by atoms with van der Waals surface area (Å²) in [6.45, 7) is 11.0. The Morgan fingerprint density at radius 1 is 1.05 bits per heavy atom. The van der Waals surface area contributed by atoms with Gasteiger partial charge >= 0.3 is 5.97 Å². The van der Waals surface area contributed by atoms with Crippen LogP contribution in [0.25, 0.3) is 6.08 Å². The lowest BCUT2D eigenvalue weighted by Crippen LogP contribution is -2.25. The summed E-state index contributed by atoms with van der Waals surface area (Å²) in [4.78, 5) is 24.4. The van der Waals surface area contributed by atoms with Gasteiger partial charge in [-0.25, -0.2) is 10.2 Å². The molecule has 200 valence electrons. The minimum absolute atomic E-state index is 0.0260. The molecule has 3 rings (SSSR count). The number of carbonyl (C=O) groups excluding carboxylic acids is 2. The van der Waals surface area contributed by atoms with Gasteiger partial charge in [0, 0.05) is 16.1 Å². The van der Waals surface area contributed by atoms with Crippen LogP contribution in [0.4, 0.5) is 0 Å². The molecule has 1 aromatic heterocycles. The van der Waals surface area contributed by atoms with Gasteiger partial charge in [0.1, 0.15) is 17.3 Å². The molecule has 2 aromatic carbocycles. The molecule has 1 amide bonds. The third-order valence-electron chi connectivity index (χ3n) is 5.48. The number of halogens is 1. The number of benzene rings is 2. The highest BCUT2D eigenvalue weighted by atomic mass is 79.9. The van der Waals surface area contributed by atoms with Crippen LogP contribution in [-0.2, 0) is 15.0 Å². The summed E-state index contributed by atoms with van der Waals surface area (Å²) < 4.78 is 16.9. The first kappa shape index (κ1) is 28.9. The molecule has 7 nitrogen and oxygen atoms in total. The van der Waals surface area contributed by atoms with Crippen LogP contribution in [0, 0.1) is 5.41 Å². The normalized spacial score (nSPS) is 12.2. The van der Waals surface area contributed by atoms with Gasteiger partial charge in [0.05, 0.1) is 12.5 Å². The second kappa shape index (κ2) is 12.7. The summed E-state index contributed by atoms with van der Waals surface area (Å²) in [5, 5.41) is 3.98. The Labute approximate surface area is 232 Å². The molecule has 0 aliphatic carbocycles. The van der Waals surface area contributed by atoms with E-state index < -0.39 is 11.9 Å². The molecule has 0 saturated heterocycles. The van der Waals surface area contributed by atoms with Crippen LogP contribution in [0.1, 0.15) is 57.9 Å². The number of amides is 1. The van der Waals surface area contributed by atoms with E-state index in [2.05, 4.69) is 61.1 Å². The number of hydrazone groups is 1. The van der Waals surface area contributed by atoms with Crippen molar-refractivity contribution >= 4 is 40.1 Å². The van der Waals surface area contributed by atoms with Crippen LogP contribution >= 0.6 is 15.9 Å². The van der Waals surface area contributed by atoms with Gasteiger partial charge in [-0.05, 0) is 71.4 Å². The van der Waals surface area contributed by atoms with E-state index in [0.29, 0.717) is 17.1 Å². The highest BCUT2D eigenvalue weighted by molar-refractivity contribution is 9.10. The van der Waals surface area contributed by atoms with Crippen molar-refractivity contribution in [3.63, 3.8) is 0 Å². The van der Waals surface area contributed by atoms with E-state index in [1.165, 1.54) is 30.2 Å². The highest BCUT2D eigenvalue weighted by Gasteiger charge is 2.27. The van der Waals surface area contributed by atoms with E-state index in [9.17, 15) is 9.59 Å². The number of furan rings is 1. The Morgan fingerprint density at radius 3 is 2.45 bits per heavy atom. The van der Waals surface area contributed by atoms with Crippen molar-refractivity contribution in [2.75, 3.05) is 6.61 Å². The van der Waals surface area contributed by atoms with Crippen molar-refractivity contribution in [1.29, 1.82) is 0 Å². The molecular weight excluding hydrogens is 548 g/mol. The maximum absolute atomic E-state index is 12.3. The van der Waals surface area contributed by atoms with Crippen molar-refractivity contribution in [1.82, 2.24) is 5.43 Å². The van der Waals surface area contributed by atoms with E-state index >= 15 is 0 Å². The standard InChI is InChI=1S/C30H33BrN2O5/c1-29(2,3)20-30(4,5)22-8-11-25(12-9-22)37-19-27(34)33-32-18-21-17-23(31)10-14-26(21)38-28(35)15-13-24-7-6-16-36-24/h6-18H,19-20H2,1-5H3,(H,33,34)/b15-13+,32-18-. The molecule has 0 aliphatic heterocycles. The number of ether oxygens (including phenoxy) is 2. The van der Waals surface area contributed by atoms with E-state index in [1.807, 2.05) is 24.3 Å². The summed E-state index contributed by atoms with van der Waals surface area (Å²) in [6.07, 6.45) is 6.72. The predicted molar refractivity (Wildman–Crippen MR) is 152 cm³/mol. The zero-order valence-electron chi connectivity index (χ0n) is 22.3. The van der Waals surface area contributed by atoms with Crippen LogP contribution in [0.15, 0.2) is 80.9 Å². The summed E-state index contributed by atoms with van der Waals surface area (Å²) in [6, 6.07) is 16.3. The number of hydrogen-bond acceptors (Lipinski definition) is 6. The summed E-state index contributed by atoms with van der Waals surface area (Å²) in [5.41, 5.74) is 4.38. The number of rotatable bonds is 10. The number of esters is 1. The molecule has 0 radical (unpaired) electrons. The van der Waals surface area contributed by atoms with Crippen LogP contribution in [0.2, 0.25) is 0 Å². The van der Waals surface area contributed by atoms with Gasteiger partial charge in [0.15, 0.2) is 6.61 Å². The molecule has 0 spiro atoms. The van der Waals surface area contributed by atoms with Crippen LogP contribution in [0.5, 0.6) is 11.5 Å². The van der Waals surface area contributed by atoms with Crippen molar-refractivity contribution < 1.29 is 23.5 Å². The number of nitrogens with one attached hydrogen (secondary N) is 1. The van der Waals surface area contributed by atoms with Crippen LogP contribution in [-0.4, -0.2) is 24.7 Å². The van der Waals surface area contributed by atoms with Crippen molar-refractivity contribution in [2.45, 2.75) is 46.5 Å². The molecule has 38 heavy (non-hydrogen) atoms. The Kier molecular flexibility index (Phi) is 9.69. The molecule has 8 heteroatoms. The Morgan fingerprint density at radius 2 is 1.79 bits per heavy atom. The Hall–Kier alpha value is -3.65. The summed E-state index contributed by atoms with van der Waals surface area (Å²) >= 11 is 3.39. The smallest absolute Gasteiger partial charge is 0.336 e. The first-order valence-electron chi connectivity index (χ1n) is 12.2. The quantitative estimate of drug-likeness (QED) is 0.0925. The van der Waals surface area contributed by atoms with E-state index in [1.54, 1.807) is 30.3 Å². The molecule has 0 atom stereocenters. The third-order valence-corrected chi connectivity index (χ3v) is 5.97. The molecule has 3 aromatic rings. The first-order valence-corrected chi connectivity index (χ1v) is 13.0. The monoisotopic (exact) mass is 580 g/mol. The molecule has 1 heterocycles. The largest absolute Gasteiger partial charge is 0.484 e. The van der Waals surface area contributed by atoms with Gasteiger partial charge in [0.25, 0.3) is 5.91 Å². The second-order valence-electron chi connectivity index (χ2n) is 10.7. The fourth-order valence-electron chi connectivity index (χ4n) is 4.18. The lowest BCUT2D eigenvalue weighted by molar-refractivity contribution is -0.129. The SMILES string of the molecule is CC(C)(C)CC(C)(C)c1ccc(OCC(=O)N/N=C\c2cc(Br)ccc2OC(=O)/C=C/c2ccco2)cc1. The van der Waals surface area contributed by atoms with Gasteiger partial charge in [-0.2, -0.15) is 5.10 Å². The maximum Gasteiger partial charge on any atom is 0.336 e. The van der Waals surface area contributed by atoms with E-state index in [4.69, 9.17) is 13.9 Å². The van der Waals surface area contributed by atoms with Crippen molar-refractivity contribution in [3.05, 3.63) is 88.3 Å². The molecule has 0 aliphatic rings. The Balaban J connectivity index is 1.53. The summed E-state index contributed by atoms with van der Waals surface area (Å²) in [5.74, 6) is 0.413. The van der Waals surface area contributed by atoms with Crippen molar-refractivity contribution in [2.24, 2.45) is 10.5 Å². The molecule has 0 fully saturated rings. The highest BCUT2D eigenvalue weighted by Crippen LogP contribution is 2.36. The predicted octanol–water partition coefficient (Wildman–Crippen LogP) is 6.90. The average molecular weight is 582 g/mol. The van der Waals surface area contributed by atoms with Crippen LogP contribution in [0.3, 0.4) is 0 Å². The lowest BCUT2D eigenvalue weighted by atomic mass is 9.72. The van der Waals surface area contributed by atoms with E-state index in [-0.39, 0.29) is 23.2 Å². The first-order chi connectivity index (χ1) is 17.9. The van der Waals surface area contributed by atoms with Gasteiger partial charge in [-0.1, -0.05) is 62.7 Å². The zero-order chi connectivity index (χ0) is 27.8.